The Morgan fingerprint density at radius 3 is 1.38 bits per heavy atom. The van der Waals surface area contributed by atoms with Gasteiger partial charge < -0.3 is 10.4 Å². The highest BCUT2D eigenvalue weighted by Gasteiger charge is 2.25. The minimum atomic E-state index is -4.33. The van der Waals surface area contributed by atoms with Gasteiger partial charge in [0.15, 0.2) is 0 Å². The predicted octanol–water partition coefficient (Wildman–Crippen LogP) is 11.1. The molecule has 0 spiro atoms. The molecule has 0 bridgehead atoms. The molecule has 1 amide bonds. The van der Waals surface area contributed by atoms with Gasteiger partial charge in [0.1, 0.15) is 0 Å². The van der Waals surface area contributed by atoms with Crippen LogP contribution in [0.4, 0.5) is 0 Å². The van der Waals surface area contributed by atoms with Crippen molar-refractivity contribution in [2.45, 2.75) is 193 Å². The van der Waals surface area contributed by atoms with Gasteiger partial charge >= 0.3 is 0 Å². The van der Waals surface area contributed by atoms with Gasteiger partial charge in [0.2, 0.25) is 5.91 Å². The molecule has 0 aromatic rings. The third kappa shape index (κ3) is 35.4. The van der Waals surface area contributed by atoms with Crippen LogP contribution in [-0.2, 0) is 14.9 Å². The number of aliphatic hydroxyl groups is 1. The first kappa shape index (κ1) is 45.3. The average molecular weight is 680 g/mol. The lowest BCUT2D eigenvalue weighted by Crippen LogP contribution is -2.47. The molecular weight excluding hydrogens is 607 g/mol. The zero-order valence-electron chi connectivity index (χ0n) is 30.4. The first-order valence-electron chi connectivity index (χ1n) is 19.3. The maximum Gasteiger partial charge on any atom is 0.266 e. The molecule has 0 rings (SSSR count). The van der Waals surface area contributed by atoms with Crippen molar-refractivity contribution in [3.8, 4) is 0 Å². The van der Waals surface area contributed by atoms with Crippen LogP contribution < -0.4 is 5.32 Å². The summed E-state index contributed by atoms with van der Waals surface area (Å²) in [6, 6.07) is -1.01. The van der Waals surface area contributed by atoms with E-state index in [-0.39, 0.29) is 12.3 Å². The van der Waals surface area contributed by atoms with E-state index in [9.17, 15) is 22.9 Å². The number of allylic oxidation sites excluding steroid dienone is 8. The van der Waals surface area contributed by atoms with E-state index in [2.05, 4.69) is 55.6 Å². The fraction of sp³-hybridized carbons (Fsp3) is 0.775. The van der Waals surface area contributed by atoms with Crippen molar-refractivity contribution in [1.29, 1.82) is 0 Å². The van der Waals surface area contributed by atoms with Gasteiger partial charge in [-0.25, -0.2) is 0 Å². The lowest BCUT2D eigenvalue weighted by atomic mass is 10.0. The minimum Gasteiger partial charge on any atom is -0.391 e. The Bertz CT molecular complexity index is 925. The SMILES string of the molecule is CC/C=C\C/C=C\C/C=C\C/C=C\CCC(=O)NC(CS(=O)(=O)O)C(O)CCCCCCCCCCCCCCCCCCCCC. The van der Waals surface area contributed by atoms with Gasteiger partial charge in [-0.1, -0.05) is 184 Å². The maximum atomic E-state index is 12.4. The number of hydrogen-bond acceptors (Lipinski definition) is 4. The van der Waals surface area contributed by atoms with Gasteiger partial charge in [-0.05, 0) is 38.5 Å². The summed E-state index contributed by atoms with van der Waals surface area (Å²) in [5, 5.41) is 13.3. The lowest BCUT2D eigenvalue weighted by molar-refractivity contribution is -0.122. The summed E-state index contributed by atoms with van der Waals surface area (Å²) < 4.78 is 32.4. The van der Waals surface area contributed by atoms with Crippen molar-refractivity contribution in [3.63, 3.8) is 0 Å². The van der Waals surface area contributed by atoms with E-state index in [1.54, 1.807) is 0 Å². The third-order valence-electron chi connectivity index (χ3n) is 8.56. The monoisotopic (exact) mass is 680 g/mol. The quantitative estimate of drug-likeness (QED) is 0.0357. The lowest BCUT2D eigenvalue weighted by Gasteiger charge is -2.23. The molecule has 47 heavy (non-hydrogen) atoms. The smallest absolute Gasteiger partial charge is 0.266 e. The summed E-state index contributed by atoms with van der Waals surface area (Å²) in [4.78, 5) is 12.4. The molecule has 0 aliphatic rings. The highest BCUT2D eigenvalue weighted by Crippen LogP contribution is 2.16. The molecule has 7 heteroatoms. The van der Waals surface area contributed by atoms with E-state index in [1.165, 1.54) is 103 Å². The summed E-state index contributed by atoms with van der Waals surface area (Å²) in [5.41, 5.74) is 0. The summed E-state index contributed by atoms with van der Waals surface area (Å²) in [5.74, 6) is -1.00. The zero-order valence-corrected chi connectivity index (χ0v) is 31.2. The van der Waals surface area contributed by atoms with Crippen LogP contribution in [0.15, 0.2) is 48.6 Å². The summed E-state index contributed by atoms with van der Waals surface area (Å²) in [6.45, 7) is 4.39. The number of aliphatic hydroxyl groups excluding tert-OH is 1. The summed E-state index contributed by atoms with van der Waals surface area (Å²) in [6.07, 6.45) is 45.1. The maximum absolute atomic E-state index is 12.4. The van der Waals surface area contributed by atoms with Gasteiger partial charge in [-0.15, -0.1) is 0 Å². The number of unbranched alkanes of at least 4 members (excludes halogenated alkanes) is 18. The number of carbonyl (C=O) groups is 1. The Morgan fingerprint density at radius 1 is 0.596 bits per heavy atom. The highest BCUT2D eigenvalue weighted by molar-refractivity contribution is 7.85. The van der Waals surface area contributed by atoms with Gasteiger partial charge in [0.05, 0.1) is 17.9 Å². The molecule has 0 aromatic heterocycles. The normalized spacial score (nSPS) is 13.9. The Hall–Kier alpha value is -1.70. The van der Waals surface area contributed by atoms with Crippen molar-refractivity contribution in [2.24, 2.45) is 0 Å². The fourth-order valence-corrected chi connectivity index (χ4v) is 6.46. The molecule has 0 saturated carbocycles. The van der Waals surface area contributed by atoms with Crippen molar-refractivity contribution in [1.82, 2.24) is 5.32 Å². The first-order chi connectivity index (χ1) is 22.8. The Morgan fingerprint density at radius 2 is 0.979 bits per heavy atom. The van der Waals surface area contributed by atoms with Crippen LogP contribution >= 0.6 is 0 Å². The summed E-state index contributed by atoms with van der Waals surface area (Å²) in [7, 11) is -4.33. The minimum absolute atomic E-state index is 0.197. The summed E-state index contributed by atoms with van der Waals surface area (Å²) >= 11 is 0. The second-order valence-corrected chi connectivity index (χ2v) is 14.7. The number of carbonyl (C=O) groups excluding carboxylic acids is 1. The zero-order chi connectivity index (χ0) is 34.7. The second-order valence-electron chi connectivity index (χ2n) is 13.2. The number of nitrogens with one attached hydrogen (secondary N) is 1. The average Bonchev–Trinajstić information content (AvgIpc) is 3.03. The Balaban J connectivity index is 3.95. The molecule has 0 aliphatic heterocycles. The van der Waals surface area contributed by atoms with Crippen molar-refractivity contribution >= 4 is 16.0 Å². The van der Waals surface area contributed by atoms with Crippen LogP contribution in [0, 0.1) is 0 Å². The molecule has 0 radical (unpaired) electrons. The van der Waals surface area contributed by atoms with Crippen molar-refractivity contribution in [2.75, 3.05) is 5.75 Å². The van der Waals surface area contributed by atoms with Crippen LogP contribution in [0.1, 0.15) is 181 Å². The standard InChI is InChI=1S/C40H73NO5S/c1-3-5-7-9-11-13-15-17-18-19-20-21-22-24-25-27-29-31-33-35-39(42)38(37-47(44,45)46)41-40(43)36-34-32-30-28-26-23-16-14-12-10-8-6-4-2/h6,8,12,14,23,26,30,32,38-39,42H,3-5,7,9-11,13,15-22,24-25,27-29,31,33-37H2,1-2H3,(H,41,43)(H,44,45,46)/b8-6-,14-12-,26-23-,32-30-. The van der Waals surface area contributed by atoms with E-state index in [0.29, 0.717) is 12.8 Å². The third-order valence-corrected chi connectivity index (χ3v) is 9.34. The Labute approximate surface area is 290 Å². The molecule has 2 atom stereocenters. The fourth-order valence-electron chi connectivity index (χ4n) is 5.70. The van der Waals surface area contributed by atoms with Gasteiger partial charge in [0, 0.05) is 6.42 Å². The molecule has 0 heterocycles. The van der Waals surface area contributed by atoms with Gasteiger partial charge in [-0.2, -0.15) is 8.42 Å². The van der Waals surface area contributed by atoms with E-state index in [1.807, 2.05) is 12.2 Å². The van der Waals surface area contributed by atoms with Crippen molar-refractivity contribution in [3.05, 3.63) is 48.6 Å². The van der Waals surface area contributed by atoms with E-state index >= 15 is 0 Å². The van der Waals surface area contributed by atoms with Gasteiger partial charge in [0.25, 0.3) is 10.1 Å². The van der Waals surface area contributed by atoms with Crippen LogP contribution in [0.25, 0.3) is 0 Å². The molecule has 2 unspecified atom stereocenters. The van der Waals surface area contributed by atoms with E-state index in [0.717, 1.165) is 44.9 Å². The largest absolute Gasteiger partial charge is 0.391 e. The molecule has 274 valence electrons. The van der Waals surface area contributed by atoms with Crippen LogP contribution in [0.2, 0.25) is 0 Å². The second kappa shape index (κ2) is 34.2. The van der Waals surface area contributed by atoms with Crippen LogP contribution in [0.3, 0.4) is 0 Å². The Kier molecular flexibility index (Phi) is 32.9. The molecule has 0 saturated heterocycles. The number of rotatable bonds is 34. The number of amides is 1. The van der Waals surface area contributed by atoms with Crippen LogP contribution in [-0.4, -0.2) is 41.9 Å². The predicted molar refractivity (Wildman–Crippen MR) is 202 cm³/mol. The molecule has 0 fully saturated rings. The first-order valence-corrected chi connectivity index (χ1v) is 20.9. The topological polar surface area (TPSA) is 104 Å². The van der Waals surface area contributed by atoms with E-state index < -0.39 is 28.0 Å². The number of hydrogen-bond donors (Lipinski definition) is 3. The molecule has 0 aromatic carbocycles. The van der Waals surface area contributed by atoms with Crippen LogP contribution in [0.5, 0.6) is 0 Å². The van der Waals surface area contributed by atoms with Crippen molar-refractivity contribution < 1.29 is 22.9 Å². The highest BCUT2D eigenvalue weighted by atomic mass is 32.2. The van der Waals surface area contributed by atoms with Gasteiger partial charge in [-0.3, -0.25) is 9.35 Å². The molecule has 0 aliphatic carbocycles. The molecule has 6 nitrogen and oxygen atoms in total. The molecular formula is C40H73NO5S. The van der Waals surface area contributed by atoms with E-state index in [4.69, 9.17) is 0 Å². The molecule has 3 N–H and O–H groups in total.